The molecular weight excluding hydrogens is 350 g/mol. The molecule has 0 unspecified atom stereocenters. The van der Waals surface area contributed by atoms with Crippen LogP contribution < -0.4 is 10.1 Å². The molecule has 0 aliphatic heterocycles. The van der Waals surface area contributed by atoms with Crippen molar-refractivity contribution in [2.24, 2.45) is 0 Å². The minimum Gasteiger partial charge on any atom is -0.497 e. The average Bonchev–Trinajstić information content (AvgIpc) is 3.16. The van der Waals surface area contributed by atoms with Crippen LogP contribution in [0, 0.1) is 0 Å². The molecule has 7 heteroatoms. The number of amides is 1. The predicted molar refractivity (Wildman–Crippen MR) is 99.9 cm³/mol. The number of nitrogens with zero attached hydrogens (tertiary/aromatic N) is 2. The van der Waals surface area contributed by atoms with E-state index in [0.717, 1.165) is 16.2 Å². The molecule has 0 saturated heterocycles. The summed E-state index contributed by atoms with van der Waals surface area (Å²) >= 11 is 1.50. The summed E-state index contributed by atoms with van der Waals surface area (Å²) in [6.07, 6.45) is 0. The number of hydrogen-bond donors (Lipinski definition) is 1. The van der Waals surface area contributed by atoms with Gasteiger partial charge in [-0.05, 0) is 43.3 Å². The Morgan fingerprint density at radius 2 is 1.92 bits per heavy atom. The second-order valence-electron chi connectivity index (χ2n) is 5.53. The Bertz CT molecular complexity index is 850. The van der Waals surface area contributed by atoms with Crippen molar-refractivity contribution < 1.29 is 14.1 Å². The lowest BCUT2D eigenvalue weighted by Crippen LogP contribution is -2.30. The molecule has 1 amide bonds. The maximum absolute atomic E-state index is 12.2. The molecule has 134 valence electrons. The Balaban J connectivity index is 1.54. The van der Waals surface area contributed by atoms with Crippen molar-refractivity contribution in [2.75, 3.05) is 7.11 Å². The first kappa shape index (κ1) is 18.0. The fourth-order valence-electron chi connectivity index (χ4n) is 2.25. The molecule has 1 aromatic heterocycles. The first-order valence-electron chi connectivity index (χ1n) is 8.12. The highest BCUT2D eigenvalue weighted by molar-refractivity contribution is 8.00. The van der Waals surface area contributed by atoms with Gasteiger partial charge in [-0.1, -0.05) is 23.4 Å². The molecule has 0 spiro atoms. The Labute approximate surface area is 156 Å². The van der Waals surface area contributed by atoms with Gasteiger partial charge in [0.15, 0.2) is 0 Å². The maximum atomic E-state index is 12.2. The number of carbonyl (C=O) groups is 1. The normalized spacial score (nSPS) is 11.8. The zero-order chi connectivity index (χ0) is 18.4. The summed E-state index contributed by atoms with van der Waals surface area (Å²) in [5, 5.41) is 6.55. The highest BCUT2D eigenvalue weighted by Gasteiger charge is 2.16. The van der Waals surface area contributed by atoms with Gasteiger partial charge in [0.1, 0.15) is 5.75 Å². The van der Waals surface area contributed by atoms with Crippen LogP contribution in [0.2, 0.25) is 0 Å². The van der Waals surface area contributed by atoms with E-state index in [1.165, 1.54) is 11.8 Å². The lowest BCUT2D eigenvalue weighted by Gasteiger charge is -2.10. The van der Waals surface area contributed by atoms with Gasteiger partial charge in [0, 0.05) is 10.5 Å². The number of ether oxygens (including phenoxy) is 1. The van der Waals surface area contributed by atoms with Crippen LogP contribution in [0.5, 0.6) is 5.75 Å². The molecule has 0 aliphatic rings. The number of aromatic nitrogens is 2. The summed E-state index contributed by atoms with van der Waals surface area (Å²) in [6, 6.07) is 17.2. The van der Waals surface area contributed by atoms with Gasteiger partial charge in [0.05, 0.1) is 18.9 Å². The average molecular weight is 369 g/mol. The molecule has 0 radical (unpaired) electrons. The number of thioether (sulfide) groups is 1. The molecule has 0 bridgehead atoms. The van der Waals surface area contributed by atoms with E-state index in [9.17, 15) is 4.79 Å². The van der Waals surface area contributed by atoms with Crippen molar-refractivity contribution in [1.82, 2.24) is 15.5 Å². The third kappa shape index (κ3) is 4.64. The largest absolute Gasteiger partial charge is 0.497 e. The molecule has 6 nitrogen and oxygen atoms in total. The van der Waals surface area contributed by atoms with E-state index in [1.807, 2.05) is 61.5 Å². The van der Waals surface area contributed by atoms with Gasteiger partial charge < -0.3 is 14.6 Å². The van der Waals surface area contributed by atoms with Gasteiger partial charge in [-0.3, -0.25) is 4.79 Å². The highest BCUT2D eigenvalue weighted by Crippen LogP contribution is 2.23. The molecule has 2 aromatic carbocycles. The molecule has 0 aliphatic carbocycles. The Hall–Kier alpha value is -2.80. The summed E-state index contributed by atoms with van der Waals surface area (Å²) in [6.45, 7) is 2.06. The lowest BCUT2D eigenvalue weighted by molar-refractivity contribution is -0.120. The van der Waals surface area contributed by atoms with E-state index in [1.54, 1.807) is 7.11 Å². The van der Waals surface area contributed by atoms with Crippen molar-refractivity contribution in [1.29, 1.82) is 0 Å². The molecule has 26 heavy (non-hydrogen) atoms. The van der Waals surface area contributed by atoms with Crippen LogP contribution in [0.1, 0.15) is 12.8 Å². The Morgan fingerprint density at radius 1 is 1.19 bits per heavy atom. The highest BCUT2D eigenvalue weighted by atomic mass is 32.2. The first-order valence-corrected chi connectivity index (χ1v) is 9.00. The summed E-state index contributed by atoms with van der Waals surface area (Å²) in [5.74, 6) is 1.52. The van der Waals surface area contributed by atoms with E-state index in [0.29, 0.717) is 11.7 Å². The van der Waals surface area contributed by atoms with E-state index in [2.05, 4.69) is 15.5 Å². The van der Waals surface area contributed by atoms with Gasteiger partial charge in [-0.25, -0.2) is 0 Å². The van der Waals surface area contributed by atoms with E-state index in [-0.39, 0.29) is 17.7 Å². The summed E-state index contributed by atoms with van der Waals surface area (Å²) in [5.41, 5.74) is 0.820. The van der Waals surface area contributed by atoms with E-state index in [4.69, 9.17) is 9.26 Å². The van der Waals surface area contributed by atoms with Gasteiger partial charge in [-0.15, -0.1) is 11.8 Å². The molecule has 1 N–H and O–H groups in total. The first-order chi connectivity index (χ1) is 12.7. The van der Waals surface area contributed by atoms with Crippen LogP contribution in [0.4, 0.5) is 0 Å². The van der Waals surface area contributed by atoms with Crippen LogP contribution >= 0.6 is 11.8 Å². The van der Waals surface area contributed by atoms with Crippen molar-refractivity contribution >= 4 is 17.7 Å². The number of rotatable bonds is 7. The summed E-state index contributed by atoms with van der Waals surface area (Å²) in [4.78, 5) is 17.6. The number of nitrogens with one attached hydrogen (secondary N) is 1. The van der Waals surface area contributed by atoms with Gasteiger partial charge >= 0.3 is 0 Å². The molecule has 3 rings (SSSR count). The standard InChI is InChI=1S/C19H19N3O3S/c1-13(26-16-6-4-3-5-7-16)19(23)20-12-17-21-18(22-25-17)14-8-10-15(24-2)11-9-14/h3-11,13H,12H2,1-2H3,(H,20,23)/t13-/m0/s1. The molecule has 1 heterocycles. The second kappa shape index (κ2) is 8.53. The number of hydrogen-bond acceptors (Lipinski definition) is 6. The topological polar surface area (TPSA) is 77.3 Å². The third-order valence-electron chi connectivity index (χ3n) is 3.66. The monoisotopic (exact) mass is 369 g/mol. The molecule has 0 fully saturated rings. The maximum Gasteiger partial charge on any atom is 0.246 e. The lowest BCUT2D eigenvalue weighted by atomic mass is 10.2. The SMILES string of the molecule is COc1ccc(-c2noc(CNC(=O)[C@H](C)Sc3ccccc3)n2)cc1. The van der Waals surface area contributed by atoms with Gasteiger partial charge in [0.25, 0.3) is 0 Å². The van der Waals surface area contributed by atoms with Crippen molar-refractivity contribution in [3.63, 3.8) is 0 Å². The third-order valence-corrected chi connectivity index (χ3v) is 4.77. The molecule has 0 saturated carbocycles. The van der Waals surface area contributed by atoms with Crippen LogP contribution in [0.25, 0.3) is 11.4 Å². The minimum absolute atomic E-state index is 0.0805. The summed E-state index contributed by atoms with van der Waals surface area (Å²) < 4.78 is 10.3. The number of carbonyl (C=O) groups excluding carboxylic acids is 1. The molecule has 3 aromatic rings. The van der Waals surface area contributed by atoms with Crippen molar-refractivity contribution in [2.45, 2.75) is 23.6 Å². The van der Waals surface area contributed by atoms with Crippen molar-refractivity contribution in [3.05, 3.63) is 60.5 Å². The molecule has 1 atom stereocenters. The van der Waals surface area contributed by atoms with E-state index >= 15 is 0 Å². The smallest absolute Gasteiger partial charge is 0.246 e. The second-order valence-corrected chi connectivity index (χ2v) is 6.95. The van der Waals surface area contributed by atoms with Crippen LogP contribution in [0.3, 0.4) is 0 Å². The summed E-state index contributed by atoms with van der Waals surface area (Å²) in [7, 11) is 1.61. The quantitative estimate of drug-likeness (QED) is 0.642. The zero-order valence-corrected chi connectivity index (χ0v) is 15.3. The fraction of sp³-hybridized carbons (Fsp3) is 0.211. The predicted octanol–water partition coefficient (Wildman–Crippen LogP) is 3.54. The number of methoxy groups -OCH3 is 1. The van der Waals surface area contributed by atoms with Crippen molar-refractivity contribution in [3.8, 4) is 17.1 Å². The zero-order valence-electron chi connectivity index (χ0n) is 14.5. The van der Waals surface area contributed by atoms with Crippen LogP contribution in [0.15, 0.2) is 64.0 Å². The fourth-order valence-corrected chi connectivity index (χ4v) is 3.16. The van der Waals surface area contributed by atoms with Crippen LogP contribution in [-0.2, 0) is 11.3 Å². The Morgan fingerprint density at radius 3 is 2.62 bits per heavy atom. The molecular formula is C19H19N3O3S. The van der Waals surface area contributed by atoms with Gasteiger partial charge in [0.2, 0.25) is 17.6 Å². The van der Waals surface area contributed by atoms with Gasteiger partial charge in [-0.2, -0.15) is 4.98 Å². The van der Waals surface area contributed by atoms with Crippen LogP contribution in [-0.4, -0.2) is 28.4 Å². The van der Waals surface area contributed by atoms with E-state index < -0.39 is 0 Å². The minimum atomic E-state index is -0.221. The number of benzene rings is 2. The Kier molecular flexibility index (Phi) is 5.91.